The molecule has 7 heteroatoms. The minimum absolute atomic E-state index is 0.00134. The van der Waals surface area contributed by atoms with Crippen molar-refractivity contribution < 1.29 is 9.59 Å². The fraction of sp³-hybridized carbons (Fsp3) is 0.667. The lowest BCUT2D eigenvalue weighted by Gasteiger charge is -2.28. The van der Waals surface area contributed by atoms with Crippen molar-refractivity contribution in [3.63, 3.8) is 0 Å². The van der Waals surface area contributed by atoms with Crippen LogP contribution >= 0.6 is 0 Å². The standard InChI is InChI=1S/C15H23N5O2/c1-18-6-4-12(14(18)21)17-15(22)19(2)10-11-3-7-20-8-5-16-13(20)9-11/h5,8,11-12H,3-4,6-7,9-10H2,1-2H3,(H,17,22)/t11-,12+/m0/s1. The molecule has 0 aromatic carbocycles. The van der Waals surface area contributed by atoms with Crippen LogP contribution in [0.2, 0.25) is 0 Å². The highest BCUT2D eigenvalue weighted by atomic mass is 16.2. The van der Waals surface area contributed by atoms with Crippen LogP contribution in [0.5, 0.6) is 0 Å². The van der Waals surface area contributed by atoms with E-state index in [0.717, 1.165) is 25.2 Å². The van der Waals surface area contributed by atoms with Crippen molar-refractivity contribution >= 4 is 11.9 Å². The van der Waals surface area contributed by atoms with Crippen molar-refractivity contribution in [1.29, 1.82) is 0 Å². The van der Waals surface area contributed by atoms with Gasteiger partial charge in [-0.25, -0.2) is 9.78 Å². The van der Waals surface area contributed by atoms with E-state index in [4.69, 9.17) is 0 Å². The Morgan fingerprint density at radius 1 is 1.45 bits per heavy atom. The zero-order valence-electron chi connectivity index (χ0n) is 13.2. The molecule has 1 N–H and O–H groups in total. The van der Waals surface area contributed by atoms with Crippen LogP contribution in [0.25, 0.3) is 0 Å². The number of carbonyl (C=O) groups excluding carboxylic acids is 2. The Labute approximate surface area is 130 Å². The van der Waals surface area contributed by atoms with Gasteiger partial charge in [0.15, 0.2) is 0 Å². The Morgan fingerprint density at radius 3 is 3.00 bits per heavy atom. The summed E-state index contributed by atoms with van der Waals surface area (Å²) in [4.78, 5) is 31.8. The SMILES string of the molecule is CN(C[C@H]1CCn2ccnc2C1)C(=O)N[C@@H]1CCN(C)C1=O. The molecule has 0 aliphatic carbocycles. The van der Waals surface area contributed by atoms with E-state index >= 15 is 0 Å². The van der Waals surface area contributed by atoms with Crippen molar-refractivity contribution in [2.45, 2.75) is 31.8 Å². The molecule has 0 radical (unpaired) electrons. The van der Waals surface area contributed by atoms with Crippen molar-refractivity contribution in [3.8, 4) is 0 Å². The number of aromatic nitrogens is 2. The van der Waals surface area contributed by atoms with Crippen LogP contribution in [0.1, 0.15) is 18.7 Å². The molecule has 1 fully saturated rings. The number of hydrogen-bond donors (Lipinski definition) is 1. The largest absolute Gasteiger partial charge is 0.344 e. The van der Waals surface area contributed by atoms with Crippen LogP contribution in [0, 0.1) is 5.92 Å². The van der Waals surface area contributed by atoms with Gasteiger partial charge in [-0.1, -0.05) is 0 Å². The Kier molecular flexibility index (Phi) is 4.04. The van der Waals surface area contributed by atoms with E-state index in [9.17, 15) is 9.59 Å². The lowest BCUT2D eigenvalue weighted by molar-refractivity contribution is -0.128. The molecule has 1 aromatic rings. The molecule has 1 aromatic heterocycles. The van der Waals surface area contributed by atoms with Gasteiger partial charge in [-0.05, 0) is 18.8 Å². The molecule has 7 nitrogen and oxygen atoms in total. The summed E-state index contributed by atoms with van der Waals surface area (Å²) in [6.45, 7) is 2.36. The Hall–Kier alpha value is -2.05. The number of rotatable bonds is 3. The van der Waals surface area contributed by atoms with Crippen LogP contribution in [-0.4, -0.2) is 64.5 Å². The second kappa shape index (κ2) is 5.98. The van der Waals surface area contributed by atoms with Gasteiger partial charge in [0.25, 0.3) is 0 Å². The third kappa shape index (κ3) is 2.93. The predicted octanol–water partition coefficient (Wildman–Crippen LogP) is 0.318. The summed E-state index contributed by atoms with van der Waals surface area (Å²) in [5.74, 6) is 1.52. The number of nitrogens with zero attached hydrogens (tertiary/aromatic N) is 4. The van der Waals surface area contributed by atoms with Gasteiger partial charge in [0.2, 0.25) is 5.91 Å². The summed E-state index contributed by atoms with van der Waals surface area (Å²) in [5, 5.41) is 2.84. The van der Waals surface area contributed by atoms with Gasteiger partial charge in [0.05, 0.1) is 0 Å². The molecule has 2 aliphatic heterocycles. The highest BCUT2D eigenvalue weighted by Crippen LogP contribution is 2.20. The van der Waals surface area contributed by atoms with Gasteiger partial charge in [-0.3, -0.25) is 4.79 Å². The zero-order valence-corrected chi connectivity index (χ0v) is 13.2. The highest BCUT2D eigenvalue weighted by Gasteiger charge is 2.31. The number of fused-ring (bicyclic) bond motifs is 1. The van der Waals surface area contributed by atoms with Crippen molar-refractivity contribution in [2.75, 3.05) is 27.2 Å². The lowest BCUT2D eigenvalue weighted by atomic mass is 9.97. The number of urea groups is 1. The molecule has 2 aliphatic rings. The molecule has 0 spiro atoms. The van der Waals surface area contributed by atoms with E-state index in [0.29, 0.717) is 25.4 Å². The quantitative estimate of drug-likeness (QED) is 0.874. The number of likely N-dealkylation sites (tertiary alicyclic amines) is 1. The van der Waals surface area contributed by atoms with Crippen molar-refractivity contribution in [3.05, 3.63) is 18.2 Å². The first kappa shape index (κ1) is 14.9. The van der Waals surface area contributed by atoms with Gasteiger partial charge in [-0.15, -0.1) is 0 Å². The number of hydrogen-bond acceptors (Lipinski definition) is 3. The second-order valence-corrected chi connectivity index (χ2v) is 6.33. The smallest absolute Gasteiger partial charge is 0.317 e. The number of aryl methyl sites for hydroxylation is 1. The summed E-state index contributed by atoms with van der Waals surface area (Å²) < 4.78 is 2.17. The third-order valence-corrected chi connectivity index (χ3v) is 4.66. The van der Waals surface area contributed by atoms with E-state index < -0.39 is 0 Å². The summed E-state index contributed by atoms with van der Waals surface area (Å²) >= 11 is 0. The number of likely N-dealkylation sites (N-methyl/N-ethyl adjacent to an activating group) is 1. The second-order valence-electron chi connectivity index (χ2n) is 6.33. The predicted molar refractivity (Wildman–Crippen MR) is 81.2 cm³/mol. The van der Waals surface area contributed by atoms with E-state index in [1.54, 1.807) is 23.9 Å². The van der Waals surface area contributed by atoms with Gasteiger partial charge >= 0.3 is 6.03 Å². The van der Waals surface area contributed by atoms with Crippen molar-refractivity contribution in [1.82, 2.24) is 24.7 Å². The Balaban J connectivity index is 1.51. The molecule has 3 rings (SSSR count). The van der Waals surface area contributed by atoms with Gasteiger partial charge in [-0.2, -0.15) is 0 Å². The number of amides is 3. The number of nitrogens with one attached hydrogen (secondary N) is 1. The normalized spacial score (nSPS) is 24.3. The fourth-order valence-corrected chi connectivity index (χ4v) is 3.26. The maximum atomic E-state index is 12.2. The van der Waals surface area contributed by atoms with Crippen LogP contribution in [0.3, 0.4) is 0 Å². The van der Waals surface area contributed by atoms with E-state index in [2.05, 4.69) is 14.9 Å². The first-order valence-electron chi connectivity index (χ1n) is 7.81. The molecule has 1 saturated heterocycles. The molecule has 3 heterocycles. The summed E-state index contributed by atoms with van der Waals surface area (Å²) in [6, 6.07) is -0.534. The minimum Gasteiger partial charge on any atom is -0.344 e. The highest BCUT2D eigenvalue weighted by molar-refractivity contribution is 5.88. The number of imidazole rings is 1. The average Bonchev–Trinajstić information content (AvgIpc) is 3.08. The van der Waals surface area contributed by atoms with Crippen LogP contribution in [0.15, 0.2) is 12.4 Å². The summed E-state index contributed by atoms with van der Waals surface area (Å²) in [7, 11) is 3.56. The maximum Gasteiger partial charge on any atom is 0.317 e. The molecular formula is C15H23N5O2. The number of carbonyl (C=O) groups is 2. The third-order valence-electron chi connectivity index (χ3n) is 4.66. The van der Waals surface area contributed by atoms with E-state index in [-0.39, 0.29) is 18.0 Å². The van der Waals surface area contributed by atoms with Crippen molar-refractivity contribution in [2.24, 2.45) is 5.92 Å². The maximum absolute atomic E-state index is 12.2. The Bertz CT molecular complexity index is 570. The molecule has 120 valence electrons. The Morgan fingerprint density at radius 2 is 2.27 bits per heavy atom. The molecule has 0 bridgehead atoms. The first-order valence-corrected chi connectivity index (χ1v) is 7.81. The average molecular weight is 305 g/mol. The molecule has 3 amide bonds. The summed E-state index contributed by atoms with van der Waals surface area (Å²) in [5.41, 5.74) is 0. The monoisotopic (exact) mass is 305 g/mol. The molecule has 0 unspecified atom stereocenters. The molecular weight excluding hydrogens is 282 g/mol. The molecule has 22 heavy (non-hydrogen) atoms. The van der Waals surface area contributed by atoms with Gasteiger partial charge in [0, 0.05) is 52.5 Å². The van der Waals surface area contributed by atoms with E-state index in [1.807, 2.05) is 12.4 Å². The molecule has 0 saturated carbocycles. The van der Waals surface area contributed by atoms with Gasteiger partial charge in [0.1, 0.15) is 11.9 Å². The fourth-order valence-electron chi connectivity index (χ4n) is 3.26. The lowest BCUT2D eigenvalue weighted by Crippen LogP contribution is -2.47. The van der Waals surface area contributed by atoms with Crippen LogP contribution in [0.4, 0.5) is 4.79 Å². The first-order chi connectivity index (χ1) is 10.5. The van der Waals surface area contributed by atoms with Gasteiger partial charge < -0.3 is 19.7 Å². The minimum atomic E-state index is -0.370. The summed E-state index contributed by atoms with van der Waals surface area (Å²) in [6.07, 6.45) is 6.47. The van der Waals surface area contributed by atoms with Crippen LogP contribution in [-0.2, 0) is 17.8 Å². The van der Waals surface area contributed by atoms with Crippen LogP contribution < -0.4 is 5.32 Å². The zero-order chi connectivity index (χ0) is 15.7. The van der Waals surface area contributed by atoms with E-state index in [1.165, 1.54) is 0 Å². The topological polar surface area (TPSA) is 70.5 Å². The molecule has 2 atom stereocenters.